The van der Waals surface area contributed by atoms with E-state index in [2.05, 4.69) is 21.1 Å². The van der Waals surface area contributed by atoms with E-state index in [4.69, 9.17) is 5.26 Å². The molecule has 5 nitrogen and oxygen atoms in total. The van der Waals surface area contributed by atoms with Gasteiger partial charge in [-0.2, -0.15) is 10.4 Å². The first-order valence-corrected chi connectivity index (χ1v) is 5.70. The highest BCUT2D eigenvalue weighted by Gasteiger charge is 2.07. The summed E-state index contributed by atoms with van der Waals surface area (Å²) in [6.07, 6.45) is 7.90. The summed E-state index contributed by atoms with van der Waals surface area (Å²) in [5, 5.41) is 13.9. The Morgan fingerprint density at radius 3 is 3.22 bits per heavy atom. The third-order valence-electron chi connectivity index (χ3n) is 2.86. The SMILES string of the molecule is N#CCCn1cc(-c2ccnc3[nH]ccc23)cn1. The maximum absolute atomic E-state index is 8.56. The van der Waals surface area contributed by atoms with Crippen molar-refractivity contribution in [3.05, 3.63) is 36.9 Å². The lowest BCUT2D eigenvalue weighted by Gasteiger charge is -1.99. The lowest BCUT2D eigenvalue weighted by atomic mass is 10.1. The lowest BCUT2D eigenvalue weighted by molar-refractivity contribution is 0.628. The highest BCUT2D eigenvalue weighted by molar-refractivity contribution is 5.92. The molecule has 3 heterocycles. The van der Waals surface area contributed by atoms with Crippen molar-refractivity contribution in [2.45, 2.75) is 13.0 Å². The van der Waals surface area contributed by atoms with Crippen LogP contribution in [-0.4, -0.2) is 19.7 Å². The topological polar surface area (TPSA) is 70.3 Å². The molecule has 0 aromatic carbocycles. The fourth-order valence-corrected chi connectivity index (χ4v) is 2.00. The fourth-order valence-electron chi connectivity index (χ4n) is 2.00. The van der Waals surface area contributed by atoms with Gasteiger partial charge in [0, 0.05) is 29.5 Å². The molecule has 88 valence electrons. The molecule has 1 N–H and O–H groups in total. The van der Waals surface area contributed by atoms with Gasteiger partial charge in [0.25, 0.3) is 0 Å². The van der Waals surface area contributed by atoms with Crippen molar-refractivity contribution < 1.29 is 0 Å². The molecular weight excluding hydrogens is 226 g/mol. The molecular formula is C13H11N5. The summed E-state index contributed by atoms with van der Waals surface area (Å²) in [5.74, 6) is 0. The van der Waals surface area contributed by atoms with Gasteiger partial charge in [-0.05, 0) is 17.7 Å². The van der Waals surface area contributed by atoms with Gasteiger partial charge in [-0.3, -0.25) is 4.68 Å². The third kappa shape index (κ3) is 1.74. The van der Waals surface area contributed by atoms with Gasteiger partial charge < -0.3 is 4.98 Å². The molecule has 0 radical (unpaired) electrons. The average Bonchev–Trinajstić information content (AvgIpc) is 3.04. The van der Waals surface area contributed by atoms with Gasteiger partial charge in [-0.25, -0.2) is 4.98 Å². The Hall–Kier alpha value is -2.61. The molecule has 0 atom stereocenters. The van der Waals surface area contributed by atoms with E-state index in [-0.39, 0.29) is 0 Å². The zero-order valence-electron chi connectivity index (χ0n) is 9.67. The van der Waals surface area contributed by atoms with Crippen LogP contribution >= 0.6 is 0 Å². The predicted molar refractivity (Wildman–Crippen MR) is 67.5 cm³/mol. The molecule has 0 spiro atoms. The molecule has 0 unspecified atom stereocenters. The zero-order valence-corrected chi connectivity index (χ0v) is 9.67. The van der Waals surface area contributed by atoms with E-state index in [1.54, 1.807) is 10.9 Å². The lowest BCUT2D eigenvalue weighted by Crippen LogP contribution is -1.96. The Bertz CT molecular complexity index is 716. The van der Waals surface area contributed by atoms with E-state index in [1.165, 1.54) is 0 Å². The second-order valence-electron chi connectivity index (χ2n) is 4.00. The van der Waals surface area contributed by atoms with Gasteiger partial charge in [-0.1, -0.05) is 0 Å². The number of H-pyrrole nitrogens is 1. The second kappa shape index (κ2) is 4.34. The van der Waals surface area contributed by atoms with Gasteiger partial charge in [0.2, 0.25) is 0 Å². The Kier molecular flexibility index (Phi) is 2.54. The van der Waals surface area contributed by atoms with Crippen molar-refractivity contribution in [1.29, 1.82) is 5.26 Å². The predicted octanol–water partition coefficient (Wildman–Crippen LogP) is 2.34. The van der Waals surface area contributed by atoms with E-state index in [1.807, 2.05) is 30.7 Å². The molecule has 3 aromatic heterocycles. The normalized spacial score (nSPS) is 10.6. The van der Waals surface area contributed by atoms with Crippen molar-refractivity contribution in [3.8, 4) is 17.2 Å². The molecule has 0 amide bonds. The number of hydrogen-bond acceptors (Lipinski definition) is 3. The van der Waals surface area contributed by atoms with Crippen LogP contribution in [0.15, 0.2) is 36.9 Å². The van der Waals surface area contributed by atoms with Crippen molar-refractivity contribution in [2.24, 2.45) is 0 Å². The summed E-state index contributed by atoms with van der Waals surface area (Å²) >= 11 is 0. The number of aryl methyl sites for hydroxylation is 1. The van der Waals surface area contributed by atoms with Gasteiger partial charge in [0.1, 0.15) is 5.65 Å². The molecule has 3 rings (SSSR count). The Morgan fingerprint density at radius 1 is 1.39 bits per heavy atom. The summed E-state index contributed by atoms with van der Waals surface area (Å²) in [6, 6.07) is 6.09. The molecule has 0 bridgehead atoms. The van der Waals surface area contributed by atoms with Crippen molar-refractivity contribution in [1.82, 2.24) is 19.7 Å². The highest BCUT2D eigenvalue weighted by atomic mass is 15.3. The minimum absolute atomic E-state index is 0.469. The van der Waals surface area contributed by atoms with E-state index < -0.39 is 0 Å². The summed E-state index contributed by atoms with van der Waals surface area (Å²) < 4.78 is 1.79. The van der Waals surface area contributed by atoms with E-state index in [0.29, 0.717) is 13.0 Å². The van der Waals surface area contributed by atoms with Crippen LogP contribution < -0.4 is 0 Å². The van der Waals surface area contributed by atoms with Crippen LogP contribution in [0.5, 0.6) is 0 Å². The van der Waals surface area contributed by atoms with E-state index >= 15 is 0 Å². The molecule has 0 aliphatic heterocycles. The third-order valence-corrected chi connectivity index (χ3v) is 2.86. The number of nitriles is 1. The monoisotopic (exact) mass is 237 g/mol. The van der Waals surface area contributed by atoms with Crippen LogP contribution in [0, 0.1) is 11.3 Å². The minimum atomic E-state index is 0.469. The second-order valence-corrected chi connectivity index (χ2v) is 4.00. The first-order chi connectivity index (χ1) is 8.88. The van der Waals surface area contributed by atoms with Gasteiger partial charge in [0.05, 0.1) is 25.2 Å². The number of aromatic amines is 1. The summed E-state index contributed by atoms with van der Waals surface area (Å²) in [7, 11) is 0. The molecule has 18 heavy (non-hydrogen) atoms. The van der Waals surface area contributed by atoms with Crippen molar-refractivity contribution >= 4 is 11.0 Å². The Balaban J connectivity index is 2.02. The van der Waals surface area contributed by atoms with Crippen LogP contribution in [0.25, 0.3) is 22.2 Å². The van der Waals surface area contributed by atoms with E-state index in [9.17, 15) is 0 Å². The number of nitrogens with one attached hydrogen (secondary N) is 1. The van der Waals surface area contributed by atoms with E-state index in [0.717, 1.165) is 22.2 Å². The first kappa shape index (κ1) is 10.5. The molecule has 0 saturated heterocycles. The Labute approximate surface area is 104 Å². The first-order valence-electron chi connectivity index (χ1n) is 5.70. The van der Waals surface area contributed by atoms with Crippen LogP contribution in [0.2, 0.25) is 0 Å². The molecule has 0 saturated carbocycles. The molecule has 0 aliphatic rings. The quantitative estimate of drug-likeness (QED) is 0.760. The van der Waals surface area contributed by atoms with Crippen LogP contribution in [0.4, 0.5) is 0 Å². The standard InChI is InChI=1S/C13H11N5/c14-4-1-7-18-9-10(8-17-18)11-2-5-15-13-12(11)3-6-16-13/h2-3,5-6,8-9H,1,7H2,(H,15,16). The van der Waals surface area contributed by atoms with Crippen molar-refractivity contribution in [3.63, 3.8) is 0 Å². The average molecular weight is 237 g/mol. The number of rotatable bonds is 3. The summed E-state index contributed by atoms with van der Waals surface area (Å²) in [6.45, 7) is 0.623. The zero-order chi connectivity index (χ0) is 12.4. The molecule has 0 fully saturated rings. The molecule has 3 aromatic rings. The minimum Gasteiger partial charge on any atom is -0.346 e. The summed E-state index contributed by atoms with van der Waals surface area (Å²) in [4.78, 5) is 7.35. The smallest absolute Gasteiger partial charge is 0.137 e. The highest BCUT2D eigenvalue weighted by Crippen LogP contribution is 2.26. The number of aromatic nitrogens is 4. The number of pyridine rings is 1. The van der Waals surface area contributed by atoms with Gasteiger partial charge >= 0.3 is 0 Å². The largest absolute Gasteiger partial charge is 0.346 e. The molecule has 5 heteroatoms. The van der Waals surface area contributed by atoms with Crippen LogP contribution in [0.1, 0.15) is 6.42 Å². The number of fused-ring (bicyclic) bond motifs is 1. The van der Waals surface area contributed by atoms with Crippen LogP contribution in [0.3, 0.4) is 0 Å². The Morgan fingerprint density at radius 2 is 2.33 bits per heavy atom. The maximum atomic E-state index is 8.56. The van der Waals surface area contributed by atoms with Gasteiger partial charge in [0.15, 0.2) is 0 Å². The van der Waals surface area contributed by atoms with Gasteiger partial charge in [-0.15, -0.1) is 0 Å². The maximum Gasteiger partial charge on any atom is 0.137 e. The number of nitrogens with zero attached hydrogens (tertiary/aromatic N) is 4. The van der Waals surface area contributed by atoms with Crippen LogP contribution in [-0.2, 0) is 6.54 Å². The molecule has 0 aliphatic carbocycles. The summed E-state index contributed by atoms with van der Waals surface area (Å²) in [5.41, 5.74) is 3.02. The number of hydrogen-bond donors (Lipinski definition) is 1. The fraction of sp³-hybridized carbons (Fsp3) is 0.154. The van der Waals surface area contributed by atoms with Crippen molar-refractivity contribution in [2.75, 3.05) is 0 Å².